The second kappa shape index (κ2) is 6.58. The van der Waals surface area contributed by atoms with Crippen molar-refractivity contribution in [3.63, 3.8) is 0 Å². The smallest absolute Gasteiger partial charge is 0.242 e. The molecule has 1 aromatic rings. The van der Waals surface area contributed by atoms with Crippen LogP contribution in [0.15, 0.2) is 24.3 Å². The maximum atomic E-state index is 13.2. The summed E-state index contributed by atoms with van der Waals surface area (Å²) < 4.78 is 0. The van der Waals surface area contributed by atoms with Gasteiger partial charge in [-0.1, -0.05) is 37.5 Å². The Morgan fingerprint density at radius 1 is 1.12 bits per heavy atom. The van der Waals surface area contributed by atoms with E-state index in [2.05, 4.69) is 11.4 Å². The number of amides is 2. The average molecular weight is 328 g/mol. The summed E-state index contributed by atoms with van der Waals surface area (Å²) in [5.74, 6) is -0.246. The summed E-state index contributed by atoms with van der Waals surface area (Å²) in [6.07, 6.45) is 6.47. The Hall–Kier alpha value is -1.84. The van der Waals surface area contributed by atoms with Crippen molar-refractivity contribution in [2.24, 2.45) is 5.41 Å². The summed E-state index contributed by atoms with van der Waals surface area (Å²) in [5, 5.41) is 3.12. The lowest BCUT2D eigenvalue weighted by atomic mass is 9.88. The zero-order chi connectivity index (χ0) is 17.3. The molecule has 1 fully saturated rings. The lowest BCUT2D eigenvalue weighted by Gasteiger charge is -2.33. The van der Waals surface area contributed by atoms with Crippen molar-refractivity contribution < 1.29 is 9.59 Å². The van der Waals surface area contributed by atoms with Crippen LogP contribution in [-0.2, 0) is 16.0 Å². The number of anilines is 1. The topological polar surface area (TPSA) is 49.4 Å². The van der Waals surface area contributed by atoms with Crippen molar-refractivity contribution >= 4 is 17.5 Å². The molecule has 1 aliphatic carbocycles. The second-order valence-electron chi connectivity index (χ2n) is 7.79. The number of nitrogens with one attached hydrogen (secondary N) is 1. The minimum Gasteiger partial charge on any atom is -0.352 e. The van der Waals surface area contributed by atoms with Gasteiger partial charge >= 0.3 is 0 Å². The first-order chi connectivity index (χ1) is 11.4. The molecule has 0 saturated heterocycles. The highest BCUT2D eigenvalue weighted by Gasteiger charge is 2.44. The van der Waals surface area contributed by atoms with E-state index in [1.807, 2.05) is 30.0 Å². The van der Waals surface area contributed by atoms with E-state index in [9.17, 15) is 9.59 Å². The van der Waals surface area contributed by atoms with Crippen molar-refractivity contribution in [3.05, 3.63) is 29.8 Å². The van der Waals surface area contributed by atoms with Crippen LogP contribution in [0.4, 0.5) is 5.69 Å². The highest BCUT2D eigenvalue weighted by Crippen LogP contribution is 2.35. The molecule has 1 saturated carbocycles. The van der Waals surface area contributed by atoms with Crippen LogP contribution < -0.4 is 10.2 Å². The van der Waals surface area contributed by atoms with Gasteiger partial charge in [-0.05, 0) is 51.7 Å². The normalized spacial score (nSPS) is 21.5. The first-order valence-electron chi connectivity index (χ1n) is 9.14. The van der Waals surface area contributed by atoms with Gasteiger partial charge in [-0.3, -0.25) is 9.59 Å². The van der Waals surface area contributed by atoms with Gasteiger partial charge in [0.05, 0.1) is 0 Å². The standard InChI is InChI=1S/C20H28N2O2/c1-14-13-15-9-7-8-12-17(15)22(14)19(24)20(2,3)18(23)21-16-10-5-4-6-11-16/h7-9,12,14,16H,4-6,10-11,13H2,1-3H3,(H,21,23). The van der Waals surface area contributed by atoms with Crippen LogP contribution in [0, 0.1) is 5.41 Å². The van der Waals surface area contributed by atoms with Gasteiger partial charge in [0.1, 0.15) is 5.41 Å². The predicted molar refractivity (Wildman–Crippen MR) is 95.9 cm³/mol. The van der Waals surface area contributed by atoms with E-state index in [1.165, 1.54) is 12.0 Å². The van der Waals surface area contributed by atoms with Gasteiger partial charge in [0.2, 0.25) is 11.8 Å². The third-order valence-corrected chi connectivity index (χ3v) is 5.47. The number of para-hydroxylation sites is 1. The number of hydrogen-bond acceptors (Lipinski definition) is 2. The minimum atomic E-state index is -1.05. The van der Waals surface area contributed by atoms with E-state index in [0.717, 1.165) is 37.8 Å². The Morgan fingerprint density at radius 2 is 1.79 bits per heavy atom. The van der Waals surface area contributed by atoms with E-state index in [0.29, 0.717) is 0 Å². The second-order valence-corrected chi connectivity index (χ2v) is 7.79. The fourth-order valence-electron chi connectivity index (χ4n) is 3.89. The van der Waals surface area contributed by atoms with Crippen molar-refractivity contribution in [2.75, 3.05) is 4.90 Å². The maximum absolute atomic E-state index is 13.2. The summed E-state index contributed by atoms with van der Waals surface area (Å²) in [6, 6.07) is 8.31. The average Bonchev–Trinajstić information content (AvgIpc) is 2.90. The molecule has 1 heterocycles. The Morgan fingerprint density at radius 3 is 2.50 bits per heavy atom. The number of benzene rings is 1. The molecule has 4 nitrogen and oxygen atoms in total. The fourth-order valence-corrected chi connectivity index (χ4v) is 3.89. The van der Waals surface area contributed by atoms with Crippen LogP contribution >= 0.6 is 0 Å². The molecule has 0 aromatic heterocycles. The molecule has 3 rings (SSSR count). The number of fused-ring (bicyclic) bond motifs is 1. The van der Waals surface area contributed by atoms with E-state index < -0.39 is 5.41 Å². The molecule has 24 heavy (non-hydrogen) atoms. The van der Waals surface area contributed by atoms with Gasteiger partial charge in [-0.25, -0.2) is 0 Å². The highest BCUT2D eigenvalue weighted by molar-refractivity contribution is 6.12. The Kier molecular flexibility index (Phi) is 4.66. The molecule has 1 unspecified atom stereocenters. The van der Waals surface area contributed by atoms with Crippen LogP contribution in [0.5, 0.6) is 0 Å². The Balaban J connectivity index is 1.76. The van der Waals surface area contributed by atoms with E-state index >= 15 is 0 Å². The molecule has 4 heteroatoms. The van der Waals surface area contributed by atoms with Crippen molar-refractivity contribution in [3.8, 4) is 0 Å². The predicted octanol–water partition coefficient (Wildman–Crippen LogP) is 3.44. The SMILES string of the molecule is CC1Cc2ccccc2N1C(=O)C(C)(C)C(=O)NC1CCCCC1. The van der Waals surface area contributed by atoms with E-state index in [4.69, 9.17) is 0 Å². The van der Waals surface area contributed by atoms with Crippen LogP contribution in [-0.4, -0.2) is 23.9 Å². The number of hydrogen-bond donors (Lipinski definition) is 1. The Bertz CT molecular complexity index is 632. The van der Waals surface area contributed by atoms with Gasteiger partial charge < -0.3 is 10.2 Å². The summed E-state index contributed by atoms with van der Waals surface area (Å²) in [7, 11) is 0. The molecule has 130 valence electrons. The first-order valence-corrected chi connectivity index (χ1v) is 9.14. The van der Waals surface area contributed by atoms with E-state index in [1.54, 1.807) is 13.8 Å². The molecule has 0 bridgehead atoms. The molecule has 0 spiro atoms. The van der Waals surface area contributed by atoms with Crippen molar-refractivity contribution in [2.45, 2.75) is 71.4 Å². The molecule has 1 N–H and O–H groups in total. The Labute approximate surface area is 144 Å². The lowest BCUT2D eigenvalue weighted by Crippen LogP contribution is -2.53. The highest BCUT2D eigenvalue weighted by atomic mass is 16.2. The molecule has 1 aromatic carbocycles. The minimum absolute atomic E-state index is 0.0941. The maximum Gasteiger partial charge on any atom is 0.242 e. The molecular formula is C20H28N2O2. The van der Waals surface area contributed by atoms with E-state index in [-0.39, 0.29) is 23.9 Å². The third-order valence-electron chi connectivity index (χ3n) is 5.47. The summed E-state index contributed by atoms with van der Waals surface area (Å²) in [4.78, 5) is 27.8. The molecule has 2 aliphatic rings. The fraction of sp³-hybridized carbons (Fsp3) is 0.600. The molecular weight excluding hydrogens is 300 g/mol. The van der Waals surface area contributed by atoms with Gasteiger partial charge in [0.15, 0.2) is 0 Å². The van der Waals surface area contributed by atoms with Gasteiger partial charge in [-0.2, -0.15) is 0 Å². The molecule has 1 atom stereocenters. The molecule has 1 aliphatic heterocycles. The molecule has 0 radical (unpaired) electrons. The largest absolute Gasteiger partial charge is 0.352 e. The summed E-state index contributed by atoms with van der Waals surface area (Å²) in [5.41, 5.74) is 1.08. The number of rotatable bonds is 3. The number of nitrogens with zero attached hydrogens (tertiary/aromatic N) is 1. The zero-order valence-corrected chi connectivity index (χ0v) is 15.0. The lowest BCUT2D eigenvalue weighted by molar-refractivity contribution is -0.140. The van der Waals surface area contributed by atoms with Crippen molar-refractivity contribution in [1.29, 1.82) is 0 Å². The van der Waals surface area contributed by atoms with Gasteiger partial charge in [0.25, 0.3) is 0 Å². The van der Waals surface area contributed by atoms with Crippen LogP contribution in [0.3, 0.4) is 0 Å². The zero-order valence-electron chi connectivity index (χ0n) is 15.0. The number of carbonyl (C=O) groups is 2. The van der Waals surface area contributed by atoms with Crippen molar-refractivity contribution in [1.82, 2.24) is 5.32 Å². The number of carbonyl (C=O) groups excluding carboxylic acids is 2. The van der Waals surface area contributed by atoms with Gasteiger partial charge in [-0.15, -0.1) is 0 Å². The van der Waals surface area contributed by atoms with Gasteiger partial charge in [0, 0.05) is 17.8 Å². The molecule has 2 amide bonds. The van der Waals surface area contributed by atoms with Crippen LogP contribution in [0.1, 0.15) is 58.4 Å². The van der Waals surface area contributed by atoms with Crippen LogP contribution in [0.25, 0.3) is 0 Å². The summed E-state index contributed by atoms with van der Waals surface area (Å²) >= 11 is 0. The van der Waals surface area contributed by atoms with Crippen LogP contribution in [0.2, 0.25) is 0 Å². The first kappa shape index (κ1) is 17.0. The third kappa shape index (κ3) is 3.06. The monoisotopic (exact) mass is 328 g/mol. The quantitative estimate of drug-likeness (QED) is 0.864. The summed E-state index contributed by atoms with van der Waals surface area (Å²) in [6.45, 7) is 5.55.